The topological polar surface area (TPSA) is 82.4 Å². The van der Waals surface area contributed by atoms with Crippen molar-refractivity contribution < 1.29 is 14.9 Å². The normalized spacial score (nSPS) is 12.2. The number of nitrogens with zero attached hydrogens (tertiary/aromatic N) is 2. The Morgan fingerprint density at radius 1 is 1.28 bits per heavy atom. The summed E-state index contributed by atoms with van der Waals surface area (Å²) < 4.78 is 5.40. The second-order valence-electron chi connectivity index (χ2n) is 3.72. The van der Waals surface area contributed by atoms with E-state index in [1.165, 1.54) is 0 Å². The van der Waals surface area contributed by atoms with Crippen molar-refractivity contribution in [1.29, 1.82) is 0 Å². The van der Waals surface area contributed by atoms with Gasteiger partial charge in [-0.1, -0.05) is 0 Å². The number of aliphatic hydroxyl groups is 2. The monoisotopic (exact) mass is 254 g/mol. The molecule has 0 saturated carbocycles. The Morgan fingerprint density at radius 2 is 1.94 bits per heavy atom. The van der Waals surface area contributed by atoms with Crippen LogP contribution in [-0.4, -0.2) is 42.8 Å². The average Bonchev–Trinajstić information content (AvgIpc) is 2.42. The highest BCUT2D eigenvalue weighted by Crippen LogP contribution is 2.21. The van der Waals surface area contributed by atoms with Crippen LogP contribution >= 0.6 is 0 Å². The molecule has 0 aliphatic carbocycles. The number of aliphatic hydroxyl groups excluding tert-OH is 2. The molecule has 0 heterocycles. The molecule has 0 aliphatic heterocycles. The molecule has 1 rings (SSSR count). The first kappa shape index (κ1) is 14.6. The van der Waals surface area contributed by atoms with Gasteiger partial charge < -0.3 is 19.8 Å². The zero-order valence-corrected chi connectivity index (χ0v) is 10.3. The van der Waals surface area contributed by atoms with Crippen molar-refractivity contribution in [2.24, 2.45) is 5.18 Å². The molecule has 1 aromatic carbocycles. The van der Waals surface area contributed by atoms with Crippen LogP contribution < -0.4 is 4.90 Å². The van der Waals surface area contributed by atoms with Crippen LogP contribution in [0.5, 0.6) is 0 Å². The van der Waals surface area contributed by atoms with Gasteiger partial charge in [-0.15, -0.1) is 4.91 Å². The predicted octanol–water partition coefficient (Wildman–Crippen LogP) is 1.24. The summed E-state index contributed by atoms with van der Waals surface area (Å²) in [6, 6.07) is 6.69. The van der Waals surface area contributed by atoms with Gasteiger partial charge in [0.25, 0.3) is 0 Å². The van der Waals surface area contributed by atoms with E-state index in [2.05, 4.69) is 5.18 Å². The van der Waals surface area contributed by atoms with E-state index in [0.29, 0.717) is 12.2 Å². The molecular weight excluding hydrogens is 236 g/mol. The predicted molar refractivity (Wildman–Crippen MR) is 68.8 cm³/mol. The minimum atomic E-state index is -0.278. The van der Waals surface area contributed by atoms with Gasteiger partial charge in [-0.25, -0.2) is 0 Å². The zero-order chi connectivity index (χ0) is 13.4. The molecule has 0 spiro atoms. The van der Waals surface area contributed by atoms with E-state index in [1.807, 2.05) is 11.8 Å². The maximum atomic E-state index is 10.3. The molecular formula is C12H18N2O4. The fourth-order valence-electron chi connectivity index (χ4n) is 1.65. The molecule has 1 aromatic rings. The first-order valence-corrected chi connectivity index (χ1v) is 5.76. The summed E-state index contributed by atoms with van der Waals surface area (Å²) in [5.41, 5.74) is 1.17. The van der Waals surface area contributed by atoms with Gasteiger partial charge in [0.15, 0.2) is 0 Å². The average molecular weight is 254 g/mol. The first-order chi connectivity index (χ1) is 8.72. The van der Waals surface area contributed by atoms with E-state index in [9.17, 15) is 4.91 Å². The molecule has 6 heteroatoms. The highest BCUT2D eigenvalue weighted by molar-refractivity contribution is 5.53. The van der Waals surface area contributed by atoms with Crippen LogP contribution in [0.25, 0.3) is 0 Å². The highest BCUT2D eigenvalue weighted by Gasteiger charge is 2.14. The fraction of sp³-hybridized carbons (Fsp3) is 0.500. The zero-order valence-electron chi connectivity index (χ0n) is 10.3. The van der Waals surface area contributed by atoms with E-state index in [0.717, 1.165) is 5.69 Å². The summed E-state index contributed by atoms with van der Waals surface area (Å²) >= 11 is 0. The third-order valence-electron chi connectivity index (χ3n) is 2.52. The summed E-state index contributed by atoms with van der Waals surface area (Å²) in [6.07, 6.45) is -0.278. The molecule has 2 N–H and O–H groups in total. The van der Waals surface area contributed by atoms with E-state index in [1.54, 1.807) is 24.3 Å². The van der Waals surface area contributed by atoms with Crippen LogP contribution in [0.1, 0.15) is 6.92 Å². The van der Waals surface area contributed by atoms with Crippen LogP contribution in [0.3, 0.4) is 0 Å². The molecule has 6 nitrogen and oxygen atoms in total. The maximum absolute atomic E-state index is 10.3. The quantitative estimate of drug-likeness (QED) is 0.538. The van der Waals surface area contributed by atoms with Gasteiger partial charge in [0.1, 0.15) is 11.9 Å². The van der Waals surface area contributed by atoms with Gasteiger partial charge in [0.05, 0.1) is 19.8 Å². The van der Waals surface area contributed by atoms with Gasteiger partial charge >= 0.3 is 0 Å². The molecule has 18 heavy (non-hydrogen) atoms. The lowest BCUT2D eigenvalue weighted by atomic mass is 10.2. The summed E-state index contributed by atoms with van der Waals surface area (Å²) in [6.45, 7) is 2.40. The second kappa shape index (κ2) is 7.75. The van der Waals surface area contributed by atoms with Crippen LogP contribution in [0.15, 0.2) is 29.4 Å². The molecule has 0 aromatic heterocycles. The highest BCUT2D eigenvalue weighted by atomic mass is 16.5. The Bertz CT molecular complexity index is 356. The van der Waals surface area contributed by atoms with Gasteiger partial charge in [0.2, 0.25) is 0 Å². The number of anilines is 1. The number of nitroso groups, excluding NO2 is 1. The number of hydrogen-bond acceptors (Lipinski definition) is 6. The Hall–Kier alpha value is -1.50. The second-order valence-corrected chi connectivity index (χ2v) is 3.72. The van der Waals surface area contributed by atoms with E-state index in [4.69, 9.17) is 14.9 Å². The van der Waals surface area contributed by atoms with E-state index < -0.39 is 0 Å². The number of benzene rings is 1. The van der Waals surface area contributed by atoms with E-state index >= 15 is 0 Å². The fourth-order valence-corrected chi connectivity index (χ4v) is 1.65. The minimum absolute atomic E-state index is 0.0134. The molecule has 1 unspecified atom stereocenters. The molecule has 0 amide bonds. The molecule has 0 bridgehead atoms. The van der Waals surface area contributed by atoms with Crippen LogP contribution in [0, 0.1) is 4.91 Å². The summed E-state index contributed by atoms with van der Waals surface area (Å²) in [7, 11) is 0. The molecule has 0 radical (unpaired) electrons. The maximum Gasteiger partial charge on any atom is 0.127 e. The minimum Gasteiger partial charge on any atom is -0.395 e. The smallest absolute Gasteiger partial charge is 0.127 e. The van der Waals surface area contributed by atoms with Gasteiger partial charge in [-0.3, -0.25) is 0 Å². The first-order valence-electron chi connectivity index (χ1n) is 5.76. The summed E-state index contributed by atoms with van der Waals surface area (Å²) in [5, 5.41) is 20.6. The standard InChI is InChI=1S/C12H18N2O4/c1-10(18-9-8-16)14(6-7-15)12-4-2-11(13-17)3-5-12/h2-5,10,15-16H,6-9H2,1H3. The Kier molecular flexibility index (Phi) is 6.27. The van der Waals surface area contributed by atoms with Gasteiger partial charge in [0, 0.05) is 12.2 Å². The number of hydrogen-bond donors (Lipinski definition) is 2. The number of rotatable bonds is 8. The van der Waals surface area contributed by atoms with Crippen molar-refractivity contribution in [1.82, 2.24) is 0 Å². The van der Waals surface area contributed by atoms with Crippen molar-refractivity contribution in [2.75, 3.05) is 31.3 Å². The lowest BCUT2D eigenvalue weighted by Crippen LogP contribution is -2.37. The van der Waals surface area contributed by atoms with Crippen molar-refractivity contribution in [3.8, 4) is 0 Å². The SMILES string of the molecule is CC(OCCO)N(CCO)c1ccc(N=O)cc1. The largest absolute Gasteiger partial charge is 0.395 e. The Labute approximate surface area is 106 Å². The lowest BCUT2D eigenvalue weighted by molar-refractivity contribution is 0.0355. The molecule has 0 fully saturated rings. The Balaban J connectivity index is 2.78. The van der Waals surface area contributed by atoms with Crippen molar-refractivity contribution >= 4 is 11.4 Å². The summed E-state index contributed by atoms with van der Waals surface area (Å²) in [5.74, 6) is 0. The van der Waals surface area contributed by atoms with Crippen molar-refractivity contribution in [3.05, 3.63) is 29.2 Å². The van der Waals surface area contributed by atoms with Crippen LogP contribution in [0.4, 0.5) is 11.4 Å². The molecule has 0 aliphatic rings. The molecule has 100 valence electrons. The van der Waals surface area contributed by atoms with Crippen molar-refractivity contribution in [2.45, 2.75) is 13.2 Å². The third kappa shape index (κ3) is 4.06. The van der Waals surface area contributed by atoms with Crippen LogP contribution in [-0.2, 0) is 4.74 Å². The third-order valence-corrected chi connectivity index (χ3v) is 2.52. The Morgan fingerprint density at radius 3 is 2.44 bits per heavy atom. The lowest BCUT2D eigenvalue weighted by Gasteiger charge is -2.30. The van der Waals surface area contributed by atoms with E-state index in [-0.39, 0.29) is 26.0 Å². The number of ether oxygens (including phenoxy) is 1. The molecule has 0 saturated heterocycles. The van der Waals surface area contributed by atoms with Gasteiger partial charge in [-0.05, 0) is 36.4 Å². The van der Waals surface area contributed by atoms with Gasteiger partial charge in [-0.2, -0.15) is 0 Å². The summed E-state index contributed by atoms with van der Waals surface area (Å²) in [4.78, 5) is 12.2. The van der Waals surface area contributed by atoms with Crippen LogP contribution in [0.2, 0.25) is 0 Å². The molecule has 1 atom stereocenters. The van der Waals surface area contributed by atoms with Crippen molar-refractivity contribution in [3.63, 3.8) is 0 Å².